The summed E-state index contributed by atoms with van der Waals surface area (Å²) >= 11 is 0. The van der Waals surface area contributed by atoms with Crippen molar-refractivity contribution >= 4 is 11.9 Å². The van der Waals surface area contributed by atoms with Crippen LogP contribution in [0, 0.1) is 17.8 Å². The standard InChI is InChI=1S/C10H11NO3/c12-9-8(10(13)14)7-4-2-1-3-6(7)5-11-9/h1-4,6-8H,5H2,(H,11,12)(H,13,14). The van der Waals surface area contributed by atoms with Gasteiger partial charge < -0.3 is 10.4 Å². The largest absolute Gasteiger partial charge is 0.481 e. The first-order valence-corrected chi connectivity index (χ1v) is 4.55. The van der Waals surface area contributed by atoms with E-state index < -0.39 is 11.9 Å². The summed E-state index contributed by atoms with van der Waals surface area (Å²) in [6.45, 7) is 0.536. The van der Waals surface area contributed by atoms with Crippen LogP contribution in [-0.4, -0.2) is 23.5 Å². The molecule has 2 rings (SSSR count). The van der Waals surface area contributed by atoms with Gasteiger partial charge in [0.05, 0.1) is 0 Å². The van der Waals surface area contributed by atoms with E-state index >= 15 is 0 Å². The lowest BCUT2D eigenvalue weighted by atomic mass is 9.76. The number of carboxylic acid groups (broad SMARTS) is 1. The third-order valence-corrected chi connectivity index (χ3v) is 2.74. The van der Waals surface area contributed by atoms with Gasteiger partial charge in [-0.25, -0.2) is 0 Å². The predicted octanol–water partition coefficient (Wildman–Crippen LogP) is 0.175. The van der Waals surface area contributed by atoms with Crippen LogP contribution in [0.5, 0.6) is 0 Å². The molecule has 1 fully saturated rings. The molecule has 0 saturated carbocycles. The van der Waals surface area contributed by atoms with Crippen LogP contribution >= 0.6 is 0 Å². The molecule has 0 aromatic carbocycles. The van der Waals surface area contributed by atoms with Crippen LogP contribution < -0.4 is 5.32 Å². The van der Waals surface area contributed by atoms with Crippen LogP contribution in [0.1, 0.15) is 0 Å². The van der Waals surface area contributed by atoms with Gasteiger partial charge in [-0.3, -0.25) is 9.59 Å². The fraction of sp³-hybridized carbons (Fsp3) is 0.400. The number of piperidine rings is 1. The molecule has 4 heteroatoms. The summed E-state index contributed by atoms with van der Waals surface area (Å²) in [5.74, 6) is -2.42. The van der Waals surface area contributed by atoms with Gasteiger partial charge >= 0.3 is 5.97 Å². The number of hydrogen-bond donors (Lipinski definition) is 2. The minimum Gasteiger partial charge on any atom is -0.481 e. The van der Waals surface area contributed by atoms with Crippen molar-refractivity contribution in [1.29, 1.82) is 0 Å². The maximum atomic E-state index is 11.3. The van der Waals surface area contributed by atoms with Crippen molar-refractivity contribution in [3.63, 3.8) is 0 Å². The number of amides is 1. The van der Waals surface area contributed by atoms with Crippen LogP contribution in [0.4, 0.5) is 0 Å². The maximum absolute atomic E-state index is 11.3. The molecule has 4 nitrogen and oxygen atoms in total. The van der Waals surface area contributed by atoms with Crippen molar-refractivity contribution in [2.45, 2.75) is 0 Å². The van der Waals surface area contributed by atoms with Crippen LogP contribution in [0.2, 0.25) is 0 Å². The van der Waals surface area contributed by atoms with Gasteiger partial charge in [-0.15, -0.1) is 0 Å². The first kappa shape index (κ1) is 8.99. The minimum absolute atomic E-state index is 0.124. The lowest BCUT2D eigenvalue weighted by Crippen LogP contribution is -2.50. The van der Waals surface area contributed by atoms with E-state index in [-0.39, 0.29) is 17.7 Å². The number of rotatable bonds is 1. The van der Waals surface area contributed by atoms with E-state index in [1.807, 2.05) is 18.2 Å². The lowest BCUT2D eigenvalue weighted by Gasteiger charge is -2.33. The molecule has 74 valence electrons. The Balaban J connectivity index is 2.28. The summed E-state index contributed by atoms with van der Waals surface area (Å²) in [5.41, 5.74) is 0. The van der Waals surface area contributed by atoms with Crippen LogP contribution in [0.15, 0.2) is 24.3 Å². The average molecular weight is 193 g/mol. The van der Waals surface area contributed by atoms with E-state index in [1.165, 1.54) is 0 Å². The summed E-state index contributed by atoms with van der Waals surface area (Å²) in [6.07, 6.45) is 7.44. The first-order chi connectivity index (χ1) is 6.70. The Morgan fingerprint density at radius 3 is 2.86 bits per heavy atom. The zero-order valence-corrected chi connectivity index (χ0v) is 7.51. The molecule has 0 aromatic rings. The predicted molar refractivity (Wildman–Crippen MR) is 49.4 cm³/mol. The number of aliphatic carboxylic acids is 1. The normalized spacial score (nSPS) is 34.9. The topological polar surface area (TPSA) is 66.4 Å². The molecule has 1 amide bonds. The number of carbonyl (C=O) groups excluding carboxylic acids is 1. The third-order valence-electron chi connectivity index (χ3n) is 2.74. The van der Waals surface area contributed by atoms with Crippen molar-refractivity contribution in [1.82, 2.24) is 5.32 Å². The number of nitrogens with one attached hydrogen (secondary N) is 1. The van der Waals surface area contributed by atoms with Crippen molar-refractivity contribution in [3.05, 3.63) is 24.3 Å². The molecular formula is C10H11NO3. The highest BCUT2D eigenvalue weighted by Crippen LogP contribution is 2.30. The molecule has 0 aromatic heterocycles. The van der Waals surface area contributed by atoms with Gasteiger partial charge in [0.1, 0.15) is 5.92 Å². The number of hydrogen-bond acceptors (Lipinski definition) is 2. The molecule has 3 atom stereocenters. The molecule has 1 aliphatic heterocycles. The van der Waals surface area contributed by atoms with Crippen molar-refractivity contribution in [2.24, 2.45) is 17.8 Å². The summed E-state index contributed by atoms with van der Waals surface area (Å²) in [7, 11) is 0. The molecule has 1 saturated heterocycles. The Morgan fingerprint density at radius 1 is 1.43 bits per heavy atom. The van der Waals surface area contributed by atoms with E-state index in [0.29, 0.717) is 6.54 Å². The molecule has 1 aliphatic carbocycles. The molecule has 1 heterocycles. The van der Waals surface area contributed by atoms with Gasteiger partial charge in [-0.05, 0) is 0 Å². The van der Waals surface area contributed by atoms with E-state index in [1.54, 1.807) is 6.08 Å². The Kier molecular flexibility index (Phi) is 2.11. The summed E-state index contributed by atoms with van der Waals surface area (Å²) in [6, 6.07) is 0. The highest BCUT2D eigenvalue weighted by molar-refractivity contribution is 5.98. The van der Waals surface area contributed by atoms with Gasteiger partial charge in [0.25, 0.3) is 0 Å². The van der Waals surface area contributed by atoms with E-state index in [2.05, 4.69) is 5.32 Å². The third kappa shape index (κ3) is 1.32. The molecule has 0 spiro atoms. The van der Waals surface area contributed by atoms with Crippen molar-refractivity contribution < 1.29 is 14.7 Å². The van der Waals surface area contributed by atoms with Crippen LogP contribution in [-0.2, 0) is 9.59 Å². The van der Waals surface area contributed by atoms with Gasteiger partial charge in [-0.2, -0.15) is 0 Å². The van der Waals surface area contributed by atoms with Crippen molar-refractivity contribution in [3.8, 4) is 0 Å². The second-order valence-corrected chi connectivity index (χ2v) is 3.57. The van der Waals surface area contributed by atoms with Crippen LogP contribution in [0.3, 0.4) is 0 Å². The number of fused-ring (bicyclic) bond motifs is 1. The lowest BCUT2D eigenvalue weighted by molar-refractivity contribution is -0.150. The second-order valence-electron chi connectivity index (χ2n) is 3.57. The van der Waals surface area contributed by atoms with Crippen LogP contribution in [0.25, 0.3) is 0 Å². The van der Waals surface area contributed by atoms with E-state index in [9.17, 15) is 9.59 Å². The van der Waals surface area contributed by atoms with Crippen molar-refractivity contribution in [2.75, 3.05) is 6.54 Å². The minimum atomic E-state index is -1.04. The second kappa shape index (κ2) is 3.29. The molecule has 14 heavy (non-hydrogen) atoms. The van der Waals surface area contributed by atoms with E-state index in [0.717, 1.165) is 0 Å². The summed E-state index contributed by atoms with van der Waals surface area (Å²) < 4.78 is 0. The maximum Gasteiger partial charge on any atom is 0.316 e. The summed E-state index contributed by atoms with van der Waals surface area (Å²) in [4.78, 5) is 22.2. The number of carbonyl (C=O) groups is 2. The number of allylic oxidation sites excluding steroid dienone is 3. The average Bonchev–Trinajstić information content (AvgIpc) is 2.17. The quantitative estimate of drug-likeness (QED) is 0.583. The molecule has 2 N–H and O–H groups in total. The molecule has 2 aliphatic rings. The van der Waals surface area contributed by atoms with Gasteiger partial charge in [0, 0.05) is 18.4 Å². The molecular weight excluding hydrogens is 182 g/mol. The monoisotopic (exact) mass is 193 g/mol. The Hall–Kier alpha value is -1.58. The SMILES string of the molecule is O=C(O)C1C(=O)NCC2C=CC=CC21. The number of carboxylic acids is 1. The Morgan fingerprint density at radius 2 is 2.14 bits per heavy atom. The highest BCUT2D eigenvalue weighted by atomic mass is 16.4. The van der Waals surface area contributed by atoms with Gasteiger partial charge in [0.2, 0.25) is 5.91 Å². The molecule has 0 bridgehead atoms. The zero-order chi connectivity index (χ0) is 10.1. The fourth-order valence-electron chi connectivity index (χ4n) is 2.01. The van der Waals surface area contributed by atoms with E-state index in [4.69, 9.17) is 5.11 Å². The van der Waals surface area contributed by atoms with Gasteiger partial charge in [0.15, 0.2) is 0 Å². The fourth-order valence-corrected chi connectivity index (χ4v) is 2.01. The molecule has 0 radical (unpaired) electrons. The Bertz CT molecular complexity index is 332. The first-order valence-electron chi connectivity index (χ1n) is 4.55. The molecule has 3 unspecified atom stereocenters. The highest BCUT2D eigenvalue weighted by Gasteiger charge is 2.41. The zero-order valence-electron chi connectivity index (χ0n) is 7.51. The Labute approximate surface area is 81.3 Å². The van der Waals surface area contributed by atoms with Gasteiger partial charge in [-0.1, -0.05) is 24.3 Å². The smallest absolute Gasteiger partial charge is 0.316 e. The summed E-state index contributed by atoms with van der Waals surface area (Å²) in [5, 5.41) is 11.5.